The molecule has 10 heteroatoms. The average Bonchev–Trinajstić information content (AvgIpc) is 3.43. The summed E-state index contributed by atoms with van der Waals surface area (Å²) in [4.78, 5) is 38.8. The zero-order chi connectivity index (χ0) is 31.3. The molecule has 0 bridgehead atoms. The monoisotopic (exact) mass is 595 g/mol. The lowest BCUT2D eigenvalue weighted by Gasteiger charge is -2.31. The van der Waals surface area contributed by atoms with Gasteiger partial charge in [0.15, 0.2) is 5.78 Å². The molecule has 43 heavy (non-hydrogen) atoms. The van der Waals surface area contributed by atoms with Crippen LogP contribution < -0.4 is 16.6 Å². The smallest absolute Gasteiger partial charge is 0.326 e. The highest BCUT2D eigenvalue weighted by Gasteiger charge is 2.32. The standard InChI is InChI=1S/C33H39F2N3O5/c1-20(43-33(2,3)4)29(32(41)42-24-7-5-6-8-24)37-18-17-21-9-12-23(13-10-21)38-28(39)16-15-26(31(38)36)30(40)25-14-11-22(34)19-27(25)35/h9-16,19-20,24,29,37H,5-8,17-18,36H2,1-4H3/t20-,29+/m1/s1. The van der Waals surface area contributed by atoms with E-state index in [1.807, 2.05) is 39.8 Å². The van der Waals surface area contributed by atoms with Gasteiger partial charge in [0, 0.05) is 18.7 Å². The van der Waals surface area contributed by atoms with E-state index in [2.05, 4.69) is 5.32 Å². The molecule has 1 saturated carbocycles. The summed E-state index contributed by atoms with van der Waals surface area (Å²) in [5.41, 5.74) is 6.23. The maximum atomic E-state index is 14.3. The van der Waals surface area contributed by atoms with Crippen molar-refractivity contribution in [1.82, 2.24) is 9.88 Å². The van der Waals surface area contributed by atoms with E-state index in [1.165, 1.54) is 12.1 Å². The number of ether oxygens (including phenoxy) is 2. The average molecular weight is 596 g/mol. The van der Waals surface area contributed by atoms with Gasteiger partial charge in [-0.1, -0.05) is 12.1 Å². The Morgan fingerprint density at radius 1 is 1.02 bits per heavy atom. The second-order valence-electron chi connectivity index (χ2n) is 11.9. The van der Waals surface area contributed by atoms with Crippen LogP contribution in [0.3, 0.4) is 0 Å². The molecular formula is C33H39F2N3O5. The van der Waals surface area contributed by atoms with Crippen LogP contribution in [0.2, 0.25) is 0 Å². The Kier molecular flexibility index (Phi) is 10.1. The molecule has 0 spiro atoms. The summed E-state index contributed by atoms with van der Waals surface area (Å²) in [5, 5.41) is 3.31. The third kappa shape index (κ3) is 8.14. The molecule has 1 aromatic heterocycles. The van der Waals surface area contributed by atoms with Crippen LogP contribution in [0.25, 0.3) is 5.69 Å². The number of rotatable bonds is 11. The van der Waals surface area contributed by atoms with E-state index >= 15 is 0 Å². The van der Waals surface area contributed by atoms with Crippen molar-refractivity contribution in [3.05, 3.63) is 93.3 Å². The molecular weight excluding hydrogens is 556 g/mol. The Morgan fingerprint density at radius 3 is 2.30 bits per heavy atom. The number of hydrogen-bond acceptors (Lipinski definition) is 7. The van der Waals surface area contributed by atoms with Gasteiger partial charge < -0.3 is 20.5 Å². The number of hydrogen-bond donors (Lipinski definition) is 2. The van der Waals surface area contributed by atoms with Crippen LogP contribution in [0.1, 0.15) is 74.9 Å². The fraction of sp³-hybridized carbons (Fsp3) is 0.424. The van der Waals surface area contributed by atoms with Gasteiger partial charge in [-0.25, -0.2) is 8.78 Å². The molecule has 8 nitrogen and oxygen atoms in total. The van der Waals surface area contributed by atoms with Crippen molar-refractivity contribution in [2.75, 3.05) is 12.3 Å². The van der Waals surface area contributed by atoms with Gasteiger partial charge in [-0.2, -0.15) is 0 Å². The Balaban J connectivity index is 1.46. The van der Waals surface area contributed by atoms with E-state index in [4.69, 9.17) is 15.2 Å². The van der Waals surface area contributed by atoms with Crippen molar-refractivity contribution in [2.45, 2.75) is 83.6 Å². The van der Waals surface area contributed by atoms with E-state index in [0.29, 0.717) is 24.7 Å². The highest BCUT2D eigenvalue weighted by atomic mass is 19.1. The molecule has 1 heterocycles. The lowest BCUT2D eigenvalue weighted by Crippen LogP contribution is -2.50. The number of pyridine rings is 1. The fourth-order valence-electron chi connectivity index (χ4n) is 5.32. The number of carbonyl (C=O) groups excluding carboxylic acids is 2. The van der Waals surface area contributed by atoms with Gasteiger partial charge in [0.2, 0.25) is 0 Å². The zero-order valence-electron chi connectivity index (χ0n) is 25.0. The minimum Gasteiger partial charge on any atom is -0.461 e. The van der Waals surface area contributed by atoms with Crippen LogP contribution in [-0.4, -0.2) is 46.7 Å². The van der Waals surface area contributed by atoms with E-state index < -0.39 is 40.7 Å². The molecule has 2 atom stereocenters. The number of halogens is 2. The number of ketones is 1. The van der Waals surface area contributed by atoms with Crippen molar-refractivity contribution < 1.29 is 27.8 Å². The highest BCUT2D eigenvalue weighted by molar-refractivity contribution is 6.11. The van der Waals surface area contributed by atoms with E-state index in [0.717, 1.165) is 47.9 Å². The number of esters is 1. The quantitative estimate of drug-likeness (QED) is 0.234. The zero-order valence-corrected chi connectivity index (χ0v) is 25.0. The molecule has 1 aliphatic rings. The molecule has 0 aliphatic heterocycles. The number of benzene rings is 2. The van der Waals surface area contributed by atoms with Crippen molar-refractivity contribution in [1.29, 1.82) is 0 Å². The Hall–Kier alpha value is -3.89. The number of nitrogens with two attached hydrogens (primary N) is 1. The second kappa shape index (κ2) is 13.6. The van der Waals surface area contributed by atoms with Gasteiger partial charge in [0.25, 0.3) is 5.56 Å². The first-order valence-corrected chi connectivity index (χ1v) is 14.6. The molecule has 3 N–H and O–H groups in total. The van der Waals surface area contributed by atoms with Crippen LogP contribution in [0, 0.1) is 11.6 Å². The number of nitrogens with one attached hydrogen (secondary N) is 1. The largest absolute Gasteiger partial charge is 0.461 e. The number of carbonyl (C=O) groups is 2. The van der Waals surface area contributed by atoms with Crippen LogP contribution in [0.15, 0.2) is 59.4 Å². The first kappa shape index (κ1) is 32.0. The first-order chi connectivity index (χ1) is 20.3. The fourth-order valence-corrected chi connectivity index (χ4v) is 5.32. The molecule has 1 aliphatic carbocycles. The summed E-state index contributed by atoms with van der Waals surface area (Å²) < 4.78 is 40.6. The molecule has 0 radical (unpaired) electrons. The predicted octanol–water partition coefficient (Wildman–Crippen LogP) is 5.12. The van der Waals surface area contributed by atoms with Gasteiger partial charge in [-0.3, -0.25) is 19.0 Å². The number of nitrogen functional groups attached to an aromatic ring is 1. The number of aromatic nitrogens is 1. The number of anilines is 1. The molecule has 0 saturated heterocycles. The summed E-state index contributed by atoms with van der Waals surface area (Å²) in [7, 11) is 0. The van der Waals surface area contributed by atoms with Gasteiger partial charge in [-0.15, -0.1) is 0 Å². The summed E-state index contributed by atoms with van der Waals surface area (Å²) in [6.45, 7) is 8.15. The minimum absolute atomic E-state index is 0.0504. The van der Waals surface area contributed by atoms with Gasteiger partial charge in [0.1, 0.15) is 29.6 Å². The third-order valence-corrected chi connectivity index (χ3v) is 7.37. The van der Waals surface area contributed by atoms with Crippen LogP contribution >= 0.6 is 0 Å². The first-order valence-electron chi connectivity index (χ1n) is 14.6. The lowest BCUT2D eigenvalue weighted by atomic mass is 10.0. The SMILES string of the molecule is C[C@@H](OC(C)(C)C)[C@H](NCCc1ccc(-n2c(N)c(C(=O)c3ccc(F)cc3F)ccc2=O)cc1)C(=O)OC1CCCC1. The van der Waals surface area contributed by atoms with E-state index in [-0.39, 0.29) is 29.0 Å². The van der Waals surface area contributed by atoms with Crippen LogP contribution in [0.4, 0.5) is 14.6 Å². The Bertz CT molecular complexity index is 1510. The third-order valence-electron chi connectivity index (χ3n) is 7.37. The number of nitrogens with zero attached hydrogens (tertiary/aromatic N) is 1. The van der Waals surface area contributed by atoms with E-state index in [9.17, 15) is 23.2 Å². The highest BCUT2D eigenvalue weighted by Crippen LogP contribution is 2.23. The van der Waals surface area contributed by atoms with E-state index in [1.54, 1.807) is 12.1 Å². The Morgan fingerprint density at radius 2 is 1.67 bits per heavy atom. The van der Waals surface area contributed by atoms with Crippen LogP contribution in [0.5, 0.6) is 0 Å². The topological polar surface area (TPSA) is 113 Å². The molecule has 4 rings (SSSR count). The van der Waals surface area contributed by atoms with Gasteiger partial charge >= 0.3 is 5.97 Å². The maximum Gasteiger partial charge on any atom is 0.326 e. The van der Waals surface area contributed by atoms with Gasteiger partial charge in [-0.05, 0) is 95.7 Å². The molecule has 3 aromatic rings. The summed E-state index contributed by atoms with van der Waals surface area (Å²) in [6.07, 6.45) is 3.99. The molecule has 0 unspecified atom stereocenters. The van der Waals surface area contributed by atoms with Crippen molar-refractivity contribution in [3.63, 3.8) is 0 Å². The summed E-state index contributed by atoms with van der Waals surface area (Å²) in [5.74, 6) is -3.07. The molecule has 2 aromatic carbocycles. The summed E-state index contributed by atoms with van der Waals surface area (Å²) >= 11 is 0. The van der Waals surface area contributed by atoms with Crippen LogP contribution in [-0.2, 0) is 20.7 Å². The minimum atomic E-state index is -1.02. The normalized spacial score (nSPS) is 15.3. The Labute approximate surface area is 250 Å². The molecule has 0 amide bonds. The maximum absolute atomic E-state index is 14.3. The lowest BCUT2D eigenvalue weighted by molar-refractivity contribution is -0.158. The second-order valence-corrected chi connectivity index (χ2v) is 11.9. The molecule has 1 fully saturated rings. The molecule has 230 valence electrons. The van der Waals surface area contributed by atoms with Gasteiger partial charge in [0.05, 0.1) is 28.5 Å². The van der Waals surface area contributed by atoms with Crippen molar-refractivity contribution in [3.8, 4) is 5.69 Å². The predicted molar refractivity (Wildman–Crippen MR) is 160 cm³/mol. The summed E-state index contributed by atoms with van der Waals surface area (Å²) in [6, 6.07) is 11.4. The van der Waals surface area contributed by atoms with Crippen molar-refractivity contribution in [2.24, 2.45) is 0 Å². The van der Waals surface area contributed by atoms with Crippen molar-refractivity contribution >= 4 is 17.6 Å².